The normalized spacial score (nSPS) is 12.8. The van der Waals surface area contributed by atoms with E-state index in [0.717, 1.165) is 19.0 Å². The molecule has 5 heteroatoms. The summed E-state index contributed by atoms with van der Waals surface area (Å²) in [6.07, 6.45) is -1.60. The number of rotatable bonds is 7. The van der Waals surface area contributed by atoms with Crippen molar-refractivity contribution in [2.75, 3.05) is 13.2 Å². The van der Waals surface area contributed by atoms with Gasteiger partial charge in [-0.05, 0) is 26.0 Å². The lowest BCUT2D eigenvalue weighted by atomic mass is 10.1. The third kappa shape index (κ3) is 4.56. The molecule has 0 aliphatic rings. The molecule has 0 aromatic heterocycles. The van der Waals surface area contributed by atoms with Gasteiger partial charge in [0.05, 0.1) is 0 Å². The largest absolute Gasteiger partial charge is 0.488 e. The summed E-state index contributed by atoms with van der Waals surface area (Å²) in [6, 6.07) is 4.09. The molecule has 0 amide bonds. The van der Waals surface area contributed by atoms with Crippen molar-refractivity contribution in [2.45, 2.75) is 32.7 Å². The van der Waals surface area contributed by atoms with Crippen molar-refractivity contribution in [1.82, 2.24) is 5.32 Å². The number of hydrogen-bond donors (Lipinski definition) is 1. The predicted molar refractivity (Wildman–Crippen MR) is 64.6 cm³/mol. The third-order valence-corrected chi connectivity index (χ3v) is 2.51. The second-order valence-electron chi connectivity index (χ2n) is 4.06. The lowest BCUT2D eigenvalue weighted by Gasteiger charge is -2.15. The fourth-order valence-corrected chi connectivity index (χ4v) is 1.58. The highest BCUT2D eigenvalue weighted by Gasteiger charge is 2.12. The summed E-state index contributed by atoms with van der Waals surface area (Å²) in [5.41, 5.74) is 0.507. The summed E-state index contributed by atoms with van der Waals surface area (Å²) in [4.78, 5) is 0. The van der Waals surface area contributed by atoms with Crippen LogP contribution in [0.25, 0.3) is 0 Å². The Hall–Kier alpha value is -1.23. The molecule has 18 heavy (non-hydrogen) atoms. The molecular weight excluding hydrogens is 243 g/mol. The Labute approximate surface area is 105 Å². The van der Waals surface area contributed by atoms with Gasteiger partial charge in [-0.15, -0.1) is 0 Å². The van der Waals surface area contributed by atoms with E-state index in [1.807, 2.05) is 13.8 Å². The van der Waals surface area contributed by atoms with Crippen LogP contribution in [0.5, 0.6) is 5.75 Å². The number of ether oxygens (including phenoxy) is 1. The second-order valence-corrected chi connectivity index (χ2v) is 4.06. The summed E-state index contributed by atoms with van der Waals surface area (Å²) in [6.45, 7) is 3.96. The molecule has 1 unspecified atom stereocenters. The Bertz CT molecular complexity index is 371. The molecule has 0 aliphatic carbocycles. The lowest BCUT2D eigenvalue weighted by Crippen LogP contribution is -2.20. The first-order valence-electron chi connectivity index (χ1n) is 5.98. The van der Waals surface area contributed by atoms with Crippen LogP contribution in [-0.2, 0) is 0 Å². The van der Waals surface area contributed by atoms with Gasteiger partial charge in [0.15, 0.2) is 0 Å². The standard InChI is InChI=1S/C13H18F3NO/c1-3-6-17-9(2)11-5-4-10(7-12(11)14)18-8-13(15)16/h4-5,7,9,13,17H,3,6,8H2,1-2H3. The zero-order valence-electron chi connectivity index (χ0n) is 10.6. The lowest BCUT2D eigenvalue weighted by molar-refractivity contribution is 0.0817. The van der Waals surface area contributed by atoms with Gasteiger partial charge < -0.3 is 10.1 Å². The molecular formula is C13H18F3NO. The van der Waals surface area contributed by atoms with Crippen LogP contribution >= 0.6 is 0 Å². The fraction of sp³-hybridized carbons (Fsp3) is 0.538. The number of alkyl halides is 2. The molecule has 0 saturated heterocycles. The van der Waals surface area contributed by atoms with Crippen molar-refractivity contribution < 1.29 is 17.9 Å². The first kappa shape index (κ1) is 14.8. The van der Waals surface area contributed by atoms with Gasteiger partial charge in [0.1, 0.15) is 18.2 Å². The number of halogens is 3. The maximum absolute atomic E-state index is 13.7. The van der Waals surface area contributed by atoms with E-state index < -0.39 is 18.8 Å². The summed E-state index contributed by atoms with van der Waals surface area (Å²) in [7, 11) is 0. The molecule has 1 atom stereocenters. The highest BCUT2D eigenvalue weighted by Crippen LogP contribution is 2.22. The third-order valence-electron chi connectivity index (χ3n) is 2.51. The summed E-state index contributed by atoms with van der Waals surface area (Å²) in [5, 5.41) is 3.16. The molecule has 0 saturated carbocycles. The van der Waals surface area contributed by atoms with Crippen molar-refractivity contribution in [3.05, 3.63) is 29.6 Å². The van der Waals surface area contributed by atoms with Crippen molar-refractivity contribution in [2.24, 2.45) is 0 Å². The maximum atomic E-state index is 13.7. The fourth-order valence-electron chi connectivity index (χ4n) is 1.58. The van der Waals surface area contributed by atoms with E-state index in [1.165, 1.54) is 6.07 Å². The van der Waals surface area contributed by atoms with E-state index in [1.54, 1.807) is 6.07 Å². The Morgan fingerprint density at radius 3 is 2.61 bits per heavy atom. The van der Waals surface area contributed by atoms with Crippen LogP contribution in [0.4, 0.5) is 13.2 Å². The summed E-state index contributed by atoms with van der Waals surface area (Å²) >= 11 is 0. The minimum atomic E-state index is -2.56. The minimum Gasteiger partial charge on any atom is -0.488 e. The van der Waals surface area contributed by atoms with Crippen molar-refractivity contribution >= 4 is 0 Å². The molecule has 1 rings (SSSR count). The van der Waals surface area contributed by atoms with E-state index in [2.05, 4.69) is 5.32 Å². The molecule has 2 nitrogen and oxygen atoms in total. The zero-order valence-corrected chi connectivity index (χ0v) is 10.6. The maximum Gasteiger partial charge on any atom is 0.272 e. The topological polar surface area (TPSA) is 21.3 Å². The van der Waals surface area contributed by atoms with Crippen LogP contribution in [0.3, 0.4) is 0 Å². The van der Waals surface area contributed by atoms with Crippen molar-refractivity contribution in [3.63, 3.8) is 0 Å². The molecule has 0 heterocycles. The number of benzene rings is 1. The first-order chi connectivity index (χ1) is 8.54. The van der Waals surface area contributed by atoms with Gasteiger partial charge in [-0.3, -0.25) is 0 Å². The molecule has 0 fully saturated rings. The van der Waals surface area contributed by atoms with Crippen LogP contribution < -0.4 is 10.1 Å². The molecule has 0 spiro atoms. The quantitative estimate of drug-likeness (QED) is 0.810. The van der Waals surface area contributed by atoms with Crippen LogP contribution in [0, 0.1) is 5.82 Å². The van der Waals surface area contributed by atoms with Gasteiger partial charge in [-0.1, -0.05) is 13.0 Å². The Balaban J connectivity index is 2.66. The summed E-state index contributed by atoms with van der Waals surface area (Å²) in [5.74, 6) is -0.322. The average Bonchev–Trinajstić information content (AvgIpc) is 2.33. The Morgan fingerprint density at radius 2 is 2.06 bits per heavy atom. The molecule has 1 aromatic carbocycles. The number of hydrogen-bond acceptors (Lipinski definition) is 2. The van der Waals surface area contributed by atoms with Gasteiger partial charge in [0.25, 0.3) is 6.43 Å². The molecule has 0 aliphatic heterocycles. The van der Waals surface area contributed by atoms with Crippen LogP contribution in [0.2, 0.25) is 0 Å². The van der Waals surface area contributed by atoms with Crippen molar-refractivity contribution in [3.8, 4) is 5.75 Å². The highest BCUT2D eigenvalue weighted by molar-refractivity contribution is 5.30. The van der Waals surface area contributed by atoms with Gasteiger partial charge in [-0.25, -0.2) is 13.2 Å². The van der Waals surface area contributed by atoms with Gasteiger partial charge in [-0.2, -0.15) is 0 Å². The number of nitrogens with one attached hydrogen (secondary N) is 1. The van der Waals surface area contributed by atoms with E-state index in [-0.39, 0.29) is 11.8 Å². The smallest absolute Gasteiger partial charge is 0.272 e. The zero-order chi connectivity index (χ0) is 13.5. The van der Waals surface area contributed by atoms with E-state index in [0.29, 0.717) is 5.56 Å². The van der Waals surface area contributed by atoms with E-state index >= 15 is 0 Å². The predicted octanol–water partition coefficient (Wildman–Crippen LogP) is 3.53. The molecule has 0 bridgehead atoms. The average molecular weight is 261 g/mol. The second kappa shape index (κ2) is 7.26. The minimum absolute atomic E-state index is 0.117. The van der Waals surface area contributed by atoms with Crippen LogP contribution in [-0.4, -0.2) is 19.6 Å². The SMILES string of the molecule is CCCNC(C)c1ccc(OCC(F)F)cc1F. The highest BCUT2D eigenvalue weighted by atomic mass is 19.3. The molecule has 1 aromatic rings. The monoisotopic (exact) mass is 261 g/mol. The van der Waals surface area contributed by atoms with Crippen molar-refractivity contribution in [1.29, 1.82) is 0 Å². The molecule has 1 N–H and O–H groups in total. The molecule has 0 radical (unpaired) electrons. The van der Waals surface area contributed by atoms with E-state index in [9.17, 15) is 13.2 Å². The van der Waals surface area contributed by atoms with Gasteiger partial charge in [0, 0.05) is 17.7 Å². The summed E-state index contributed by atoms with van der Waals surface area (Å²) < 4.78 is 42.4. The van der Waals surface area contributed by atoms with Gasteiger partial charge >= 0.3 is 0 Å². The van der Waals surface area contributed by atoms with E-state index in [4.69, 9.17) is 4.74 Å². The van der Waals surface area contributed by atoms with Gasteiger partial charge in [0.2, 0.25) is 0 Å². The Kier molecular flexibility index (Phi) is 5.98. The Morgan fingerprint density at radius 1 is 1.33 bits per heavy atom. The van der Waals surface area contributed by atoms with Crippen LogP contribution in [0.15, 0.2) is 18.2 Å². The van der Waals surface area contributed by atoms with Crippen LogP contribution in [0.1, 0.15) is 31.9 Å². The first-order valence-corrected chi connectivity index (χ1v) is 5.98. The molecule has 102 valence electrons.